The molecule has 1 aliphatic heterocycles. The number of aliphatic carboxylic acids is 1. The van der Waals surface area contributed by atoms with E-state index in [1.54, 1.807) is 0 Å². The lowest BCUT2D eigenvalue weighted by Gasteiger charge is -2.32. The molecule has 134 valence electrons. The van der Waals surface area contributed by atoms with Crippen LogP contribution in [0.5, 0.6) is 11.5 Å². The molecule has 1 unspecified atom stereocenters. The number of rotatable bonds is 10. The molecule has 24 heavy (non-hydrogen) atoms. The molecule has 0 amide bonds. The fourth-order valence-electron chi connectivity index (χ4n) is 3.06. The van der Waals surface area contributed by atoms with Gasteiger partial charge in [-0.3, -0.25) is 9.69 Å². The zero-order chi connectivity index (χ0) is 17.2. The van der Waals surface area contributed by atoms with E-state index in [4.69, 9.17) is 14.6 Å². The Morgan fingerprint density at radius 3 is 2.50 bits per heavy atom. The van der Waals surface area contributed by atoms with Gasteiger partial charge in [-0.25, -0.2) is 0 Å². The lowest BCUT2D eigenvalue weighted by atomic mass is 9.93. The van der Waals surface area contributed by atoms with Crippen molar-refractivity contribution in [3.05, 3.63) is 24.3 Å². The Morgan fingerprint density at radius 2 is 1.88 bits per heavy atom. The van der Waals surface area contributed by atoms with Crippen molar-refractivity contribution in [3.8, 4) is 11.5 Å². The summed E-state index contributed by atoms with van der Waals surface area (Å²) in [7, 11) is 0. The van der Waals surface area contributed by atoms with Gasteiger partial charge in [-0.1, -0.05) is 6.92 Å². The first-order valence-corrected chi connectivity index (χ1v) is 8.97. The van der Waals surface area contributed by atoms with Crippen molar-refractivity contribution in [1.82, 2.24) is 4.90 Å². The molecule has 5 nitrogen and oxygen atoms in total. The van der Waals surface area contributed by atoms with Crippen LogP contribution in [0.2, 0.25) is 0 Å². The number of benzene rings is 1. The third-order valence-electron chi connectivity index (χ3n) is 4.34. The zero-order valence-electron chi connectivity index (χ0n) is 14.6. The number of likely N-dealkylation sites (tertiary alicyclic amines) is 1. The summed E-state index contributed by atoms with van der Waals surface area (Å²) < 4.78 is 11.4. The number of carbonyl (C=O) groups is 1. The third-order valence-corrected chi connectivity index (χ3v) is 4.34. The Balaban J connectivity index is 1.66. The Bertz CT molecular complexity index is 489. The lowest BCUT2D eigenvalue weighted by molar-refractivity contribution is -0.137. The average Bonchev–Trinajstić information content (AvgIpc) is 2.60. The predicted molar refractivity (Wildman–Crippen MR) is 93.8 cm³/mol. The summed E-state index contributed by atoms with van der Waals surface area (Å²) in [6, 6.07) is 7.76. The van der Waals surface area contributed by atoms with E-state index < -0.39 is 5.97 Å². The molecule has 1 heterocycles. The molecule has 1 aliphatic rings. The van der Waals surface area contributed by atoms with Crippen molar-refractivity contribution >= 4 is 5.97 Å². The van der Waals surface area contributed by atoms with E-state index in [-0.39, 0.29) is 6.42 Å². The summed E-state index contributed by atoms with van der Waals surface area (Å²) in [6.07, 6.45) is 4.35. The SMILES string of the molecule is CCCOc1ccc(OCCN2CCCC(CCC(=O)O)C2)cc1. The standard InChI is InChI=1S/C19H29NO4/c1-2-13-23-17-6-8-18(9-7-17)24-14-12-20-11-3-4-16(15-20)5-10-19(21)22/h6-9,16H,2-5,10-15H2,1H3,(H,21,22). The molecule has 1 atom stereocenters. The van der Waals surface area contributed by atoms with Crippen LogP contribution >= 0.6 is 0 Å². The smallest absolute Gasteiger partial charge is 0.303 e. The highest BCUT2D eigenvalue weighted by Gasteiger charge is 2.20. The molecule has 0 aliphatic carbocycles. The largest absolute Gasteiger partial charge is 0.494 e. The van der Waals surface area contributed by atoms with Crippen molar-refractivity contribution in [2.75, 3.05) is 32.8 Å². The van der Waals surface area contributed by atoms with Crippen LogP contribution in [-0.2, 0) is 4.79 Å². The van der Waals surface area contributed by atoms with Crippen LogP contribution in [-0.4, -0.2) is 48.8 Å². The number of hydrogen-bond acceptors (Lipinski definition) is 4. The van der Waals surface area contributed by atoms with Crippen molar-refractivity contribution < 1.29 is 19.4 Å². The van der Waals surface area contributed by atoms with E-state index in [2.05, 4.69) is 11.8 Å². The van der Waals surface area contributed by atoms with Gasteiger partial charge >= 0.3 is 5.97 Å². The maximum atomic E-state index is 10.7. The summed E-state index contributed by atoms with van der Waals surface area (Å²) in [6.45, 7) is 6.43. The second-order valence-corrected chi connectivity index (χ2v) is 6.41. The van der Waals surface area contributed by atoms with Crippen LogP contribution in [0.1, 0.15) is 39.0 Å². The van der Waals surface area contributed by atoms with Gasteiger partial charge in [0.05, 0.1) is 6.61 Å². The highest BCUT2D eigenvalue weighted by molar-refractivity contribution is 5.66. The monoisotopic (exact) mass is 335 g/mol. The van der Waals surface area contributed by atoms with Crippen LogP contribution in [0.25, 0.3) is 0 Å². The van der Waals surface area contributed by atoms with E-state index in [1.165, 1.54) is 0 Å². The third kappa shape index (κ3) is 6.79. The molecule has 5 heteroatoms. The van der Waals surface area contributed by atoms with Gasteiger partial charge < -0.3 is 14.6 Å². The first kappa shape index (κ1) is 18.6. The van der Waals surface area contributed by atoms with E-state index in [0.717, 1.165) is 63.4 Å². The molecule has 1 fully saturated rings. The molecule has 1 saturated heterocycles. The Kier molecular flexibility index (Phi) is 7.89. The van der Waals surface area contributed by atoms with Crippen LogP contribution in [0, 0.1) is 5.92 Å². The van der Waals surface area contributed by atoms with Crippen molar-refractivity contribution in [2.24, 2.45) is 5.92 Å². The highest BCUT2D eigenvalue weighted by atomic mass is 16.5. The molecule has 0 radical (unpaired) electrons. The minimum atomic E-state index is -0.693. The molecular formula is C19H29NO4. The molecule has 0 aromatic heterocycles. The Morgan fingerprint density at radius 1 is 1.21 bits per heavy atom. The van der Waals surface area contributed by atoms with Crippen LogP contribution < -0.4 is 9.47 Å². The molecule has 1 aromatic carbocycles. The highest BCUT2D eigenvalue weighted by Crippen LogP contribution is 2.21. The molecule has 2 rings (SSSR count). The van der Waals surface area contributed by atoms with E-state index in [9.17, 15) is 4.79 Å². The second kappa shape index (κ2) is 10.2. The molecule has 0 spiro atoms. The zero-order valence-corrected chi connectivity index (χ0v) is 14.6. The van der Waals surface area contributed by atoms with Gasteiger partial charge in [-0.2, -0.15) is 0 Å². The molecule has 0 bridgehead atoms. The average molecular weight is 335 g/mol. The maximum Gasteiger partial charge on any atom is 0.303 e. The minimum Gasteiger partial charge on any atom is -0.494 e. The Labute approximate surface area is 144 Å². The second-order valence-electron chi connectivity index (χ2n) is 6.41. The number of hydrogen-bond donors (Lipinski definition) is 1. The van der Waals surface area contributed by atoms with Crippen molar-refractivity contribution in [2.45, 2.75) is 39.0 Å². The van der Waals surface area contributed by atoms with Crippen molar-refractivity contribution in [1.29, 1.82) is 0 Å². The molecule has 0 saturated carbocycles. The Hall–Kier alpha value is -1.75. The van der Waals surface area contributed by atoms with E-state index in [0.29, 0.717) is 12.5 Å². The molecule has 1 N–H and O–H groups in total. The van der Waals surface area contributed by atoms with E-state index in [1.807, 2.05) is 24.3 Å². The number of nitrogens with zero attached hydrogens (tertiary/aromatic N) is 1. The first-order valence-electron chi connectivity index (χ1n) is 8.97. The van der Waals surface area contributed by atoms with Crippen LogP contribution in [0.3, 0.4) is 0 Å². The minimum absolute atomic E-state index is 0.279. The normalized spacial score (nSPS) is 18.3. The summed E-state index contributed by atoms with van der Waals surface area (Å²) in [5, 5.41) is 8.80. The predicted octanol–water partition coefficient (Wildman–Crippen LogP) is 3.43. The van der Waals surface area contributed by atoms with Gasteiger partial charge in [-0.05, 0) is 62.4 Å². The summed E-state index contributed by atoms with van der Waals surface area (Å²) in [5.74, 6) is 1.55. The van der Waals surface area contributed by atoms with Crippen LogP contribution in [0.15, 0.2) is 24.3 Å². The number of carboxylic acid groups (broad SMARTS) is 1. The quantitative estimate of drug-likeness (QED) is 0.710. The maximum absolute atomic E-state index is 10.7. The molecular weight excluding hydrogens is 306 g/mol. The van der Waals surface area contributed by atoms with Crippen molar-refractivity contribution in [3.63, 3.8) is 0 Å². The number of ether oxygens (including phenoxy) is 2. The number of piperidine rings is 1. The first-order chi connectivity index (χ1) is 11.7. The fourth-order valence-corrected chi connectivity index (χ4v) is 3.06. The summed E-state index contributed by atoms with van der Waals surface area (Å²) in [5.41, 5.74) is 0. The topological polar surface area (TPSA) is 59.0 Å². The van der Waals surface area contributed by atoms with Gasteiger partial charge in [0.25, 0.3) is 0 Å². The number of carboxylic acids is 1. The van der Waals surface area contributed by atoms with Gasteiger partial charge in [-0.15, -0.1) is 0 Å². The van der Waals surface area contributed by atoms with Gasteiger partial charge in [0.2, 0.25) is 0 Å². The summed E-state index contributed by atoms with van der Waals surface area (Å²) in [4.78, 5) is 13.1. The summed E-state index contributed by atoms with van der Waals surface area (Å²) >= 11 is 0. The van der Waals surface area contributed by atoms with Gasteiger partial charge in [0, 0.05) is 19.5 Å². The van der Waals surface area contributed by atoms with Gasteiger partial charge in [0.1, 0.15) is 18.1 Å². The molecule has 1 aromatic rings. The van der Waals surface area contributed by atoms with Gasteiger partial charge in [0.15, 0.2) is 0 Å². The fraction of sp³-hybridized carbons (Fsp3) is 0.632. The lowest BCUT2D eigenvalue weighted by Crippen LogP contribution is -2.38. The van der Waals surface area contributed by atoms with Crippen LogP contribution in [0.4, 0.5) is 0 Å². The van der Waals surface area contributed by atoms with E-state index >= 15 is 0 Å².